The molecule has 4 atom stereocenters. The number of likely N-dealkylation sites (tertiary alicyclic amines) is 1. The predicted molar refractivity (Wildman–Crippen MR) is 117 cm³/mol. The molecular formula is C24H22N4O6. The number of carbonyl (C=O) groups excluding carboxylic acids is 4. The minimum absolute atomic E-state index is 0.0168. The lowest BCUT2D eigenvalue weighted by atomic mass is 9.76. The lowest BCUT2D eigenvalue weighted by Crippen LogP contribution is -2.53. The Morgan fingerprint density at radius 3 is 2.71 bits per heavy atom. The summed E-state index contributed by atoms with van der Waals surface area (Å²) in [5.41, 5.74) is 6.79. The third-order valence-electron chi connectivity index (χ3n) is 7.16. The molecule has 174 valence electrons. The number of nitrogens with one attached hydrogen (secondary N) is 2. The van der Waals surface area contributed by atoms with Crippen LogP contribution >= 0.6 is 0 Å². The number of imide groups is 1. The summed E-state index contributed by atoms with van der Waals surface area (Å²) in [6, 6.07) is 9.94. The average Bonchev–Trinajstić information content (AvgIpc) is 3.51. The Bertz CT molecular complexity index is 1290. The first-order valence-corrected chi connectivity index (χ1v) is 11.0. The van der Waals surface area contributed by atoms with E-state index in [1.54, 1.807) is 24.3 Å². The minimum Gasteiger partial charge on any atom is -0.454 e. The smallest absolute Gasteiger partial charge is 0.250 e. The fourth-order valence-corrected chi connectivity index (χ4v) is 5.74. The quantitative estimate of drug-likeness (QED) is 0.563. The SMILES string of the molecule is Cc1ccc2c(c1)[C@@]1(N[C@H](CC(N)=O)[C@H]3C(=O)N(Cc4ccc5c(c4)OCO5)C(=O)[C@@H]31)C(=O)N2. The third-order valence-corrected chi connectivity index (χ3v) is 7.16. The molecular weight excluding hydrogens is 440 g/mol. The summed E-state index contributed by atoms with van der Waals surface area (Å²) in [6.45, 7) is 2.02. The van der Waals surface area contributed by atoms with E-state index in [-0.39, 0.29) is 19.8 Å². The predicted octanol–water partition coefficient (Wildman–Crippen LogP) is 0.520. The topological polar surface area (TPSA) is 140 Å². The van der Waals surface area contributed by atoms with E-state index in [2.05, 4.69) is 10.6 Å². The number of primary amides is 1. The van der Waals surface area contributed by atoms with Crippen LogP contribution in [-0.4, -0.2) is 41.4 Å². The highest BCUT2D eigenvalue weighted by Gasteiger charge is 2.70. The fourth-order valence-electron chi connectivity index (χ4n) is 5.74. The maximum Gasteiger partial charge on any atom is 0.250 e. The van der Waals surface area contributed by atoms with Crippen LogP contribution in [0.4, 0.5) is 5.69 Å². The minimum atomic E-state index is -1.46. The molecule has 2 aromatic carbocycles. The summed E-state index contributed by atoms with van der Waals surface area (Å²) >= 11 is 0. The van der Waals surface area contributed by atoms with Crippen molar-refractivity contribution in [2.45, 2.75) is 31.5 Å². The van der Waals surface area contributed by atoms with E-state index < -0.39 is 47.0 Å². The largest absolute Gasteiger partial charge is 0.454 e. The molecule has 2 saturated heterocycles. The zero-order valence-electron chi connectivity index (χ0n) is 18.3. The Hall–Kier alpha value is -3.92. The molecule has 4 aliphatic rings. The highest BCUT2D eigenvalue weighted by molar-refractivity contribution is 6.15. The molecule has 0 aromatic heterocycles. The number of ether oxygens (including phenoxy) is 2. The van der Waals surface area contributed by atoms with Gasteiger partial charge in [0.2, 0.25) is 30.4 Å². The van der Waals surface area contributed by atoms with Crippen LogP contribution in [0, 0.1) is 18.8 Å². The highest BCUT2D eigenvalue weighted by atomic mass is 16.7. The van der Waals surface area contributed by atoms with Gasteiger partial charge >= 0.3 is 0 Å². The van der Waals surface area contributed by atoms with Gasteiger partial charge in [0.15, 0.2) is 11.5 Å². The molecule has 0 radical (unpaired) electrons. The van der Waals surface area contributed by atoms with Crippen LogP contribution in [0.25, 0.3) is 0 Å². The summed E-state index contributed by atoms with van der Waals surface area (Å²) in [4.78, 5) is 53.8. The molecule has 4 amide bonds. The lowest BCUT2D eigenvalue weighted by molar-refractivity contribution is -0.143. The number of nitrogens with zero attached hydrogens (tertiary/aromatic N) is 1. The second kappa shape index (κ2) is 7.04. The molecule has 0 saturated carbocycles. The molecule has 0 aliphatic carbocycles. The van der Waals surface area contributed by atoms with Crippen molar-refractivity contribution in [2.75, 3.05) is 12.1 Å². The number of hydrogen-bond acceptors (Lipinski definition) is 7. The molecule has 4 N–H and O–H groups in total. The van der Waals surface area contributed by atoms with Gasteiger partial charge in [-0.15, -0.1) is 0 Å². The van der Waals surface area contributed by atoms with E-state index in [1.165, 1.54) is 4.90 Å². The fraction of sp³-hybridized carbons (Fsp3) is 0.333. The van der Waals surface area contributed by atoms with Crippen LogP contribution in [0.1, 0.15) is 23.1 Å². The summed E-state index contributed by atoms with van der Waals surface area (Å²) in [7, 11) is 0. The maximum atomic E-state index is 13.8. The van der Waals surface area contributed by atoms with E-state index >= 15 is 0 Å². The van der Waals surface area contributed by atoms with Gasteiger partial charge in [0.1, 0.15) is 5.54 Å². The van der Waals surface area contributed by atoms with Gasteiger partial charge in [0, 0.05) is 23.7 Å². The third kappa shape index (κ3) is 2.72. The second-order valence-electron chi connectivity index (χ2n) is 9.19. The van der Waals surface area contributed by atoms with E-state index in [4.69, 9.17) is 15.2 Å². The first-order chi connectivity index (χ1) is 16.3. The first-order valence-electron chi connectivity index (χ1n) is 11.0. The second-order valence-corrected chi connectivity index (χ2v) is 9.19. The van der Waals surface area contributed by atoms with Gasteiger partial charge in [-0.2, -0.15) is 0 Å². The van der Waals surface area contributed by atoms with Gasteiger partial charge in [0.25, 0.3) is 0 Å². The van der Waals surface area contributed by atoms with Crippen molar-refractivity contribution < 1.29 is 28.7 Å². The summed E-state index contributed by atoms with van der Waals surface area (Å²) < 4.78 is 10.7. The molecule has 0 bridgehead atoms. The number of carbonyl (C=O) groups is 4. The van der Waals surface area contributed by atoms with Crippen LogP contribution in [0.3, 0.4) is 0 Å². The number of rotatable bonds is 4. The summed E-state index contributed by atoms with van der Waals surface area (Å²) in [5, 5.41) is 6.04. The number of benzene rings is 2. The molecule has 2 fully saturated rings. The molecule has 0 unspecified atom stereocenters. The molecule has 10 heteroatoms. The molecule has 1 spiro atoms. The number of hydrogen-bond donors (Lipinski definition) is 3. The van der Waals surface area contributed by atoms with Crippen LogP contribution < -0.4 is 25.8 Å². The van der Waals surface area contributed by atoms with Gasteiger partial charge in [-0.25, -0.2) is 0 Å². The molecule has 4 aliphatic heterocycles. The van der Waals surface area contributed by atoms with Crippen LogP contribution in [-0.2, 0) is 31.3 Å². The van der Waals surface area contributed by atoms with E-state index in [9.17, 15) is 19.2 Å². The molecule has 6 rings (SSSR count). The van der Waals surface area contributed by atoms with E-state index in [0.29, 0.717) is 28.3 Å². The monoisotopic (exact) mass is 462 g/mol. The van der Waals surface area contributed by atoms with Crippen LogP contribution in [0.2, 0.25) is 0 Å². The van der Waals surface area contributed by atoms with Gasteiger partial charge in [-0.05, 0) is 30.7 Å². The van der Waals surface area contributed by atoms with Gasteiger partial charge in [0.05, 0.1) is 18.4 Å². The van der Waals surface area contributed by atoms with Gasteiger partial charge < -0.3 is 20.5 Å². The zero-order valence-corrected chi connectivity index (χ0v) is 18.3. The van der Waals surface area contributed by atoms with Crippen LogP contribution in [0.5, 0.6) is 11.5 Å². The molecule has 4 heterocycles. The van der Waals surface area contributed by atoms with Crippen molar-refractivity contribution in [3.63, 3.8) is 0 Å². The van der Waals surface area contributed by atoms with Crippen molar-refractivity contribution in [2.24, 2.45) is 17.6 Å². The first kappa shape index (κ1) is 20.7. The molecule has 10 nitrogen and oxygen atoms in total. The Labute approximate surface area is 194 Å². The van der Waals surface area contributed by atoms with E-state index in [1.807, 2.05) is 19.1 Å². The number of fused-ring (bicyclic) bond motifs is 5. The lowest BCUT2D eigenvalue weighted by Gasteiger charge is -2.29. The van der Waals surface area contributed by atoms with Crippen LogP contribution in [0.15, 0.2) is 36.4 Å². The zero-order chi connectivity index (χ0) is 23.8. The normalized spacial score (nSPS) is 28.4. The summed E-state index contributed by atoms with van der Waals surface area (Å²) in [5.74, 6) is -2.69. The number of amides is 4. The van der Waals surface area contributed by atoms with E-state index in [0.717, 1.165) is 5.56 Å². The van der Waals surface area contributed by atoms with Gasteiger partial charge in [-0.1, -0.05) is 23.8 Å². The Balaban J connectivity index is 1.42. The maximum absolute atomic E-state index is 13.8. The Morgan fingerprint density at radius 1 is 1.12 bits per heavy atom. The number of nitrogens with two attached hydrogens (primary N) is 1. The standard InChI is InChI=1S/C24H22N4O6/c1-11-2-4-14-13(6-11)24(23(32)26-14)20-19(15(27-24)8-18(25)29)21(30)28(22(20)31)9-12-3-5-16-17(7-12)34-10-33-16/h2-7,15,19-20,27H,8-10H2,1H3,(H2,25,29)(H,26,32)/t15-,19-,20-,24+/m1/s1. The molecule has 2 aromatic rings. The van der Waals surface area contributed by atoms with Crippen molar-refractivity contribution >= 4 is 29.3 Å². The van der Waals surface area contributed by atoms with Crippen molar-refractivity contribution in [3.05, 3.63) is 53.1 Å². The van der Waals surface area contributed by atoms with Crippen molar-refractivity contribution in [3.8, 4) is 11.5 Å². The van der Waals surface area contributed by atoms with Gasteiger partial charge in [-0.3, -0.25) is 29.4 Å². The van der Waals surface area contributed by atoms with Crippen molar-refractivity contribution in [1.82, 2.24) is 10.2 Å². The summed E-state index contributed by atoms with van der Waals surface area (Å²) in [6.07, 6.45) is -0.172. The average molecular weight is 462 g/mol. The Morgan fingerprint density at radius 2 is 1.91 bits per heavy atom. The van der Waals surface area contributed by atoms with Crippen molar-refractivity contribution in [1.29, 1.82) is 0 Å². The number of aryl methyl sites for hydroxylation is 1. The highest BCUT2D eigenvalue weighted by Crippen LogP contribution is 2.53. The number of anilines is 1. The Kier molecular flexibility index (Phi) is 4.28. The molecule has 34 heavy (non-hydrogen) atoms.